The van der Waals surface area contributed by atoms with E-state index in [0.29, 0.717) is 31.1 Å². The summed E-state index contributed by atoms with van der Waals surface area (Å²) < 4.78 is 31.9. The number of Topliss-reactive ketones (excluding diaryl/α,β-unsaturated/α-hetero) is 1. The molecule has 1 N–H and O–H groups in total. The number of carbonyl (C=O) groups is 1. The normalized spacial score (nSPS) is 17.6. The molecule has 0 aromatic carbocycles. The number of ether oxygens (including phenoxy) is 1. The maximum absolute atomic E-state index is 12.7. The number of carbonyl (C=O) groups excluding carboxylic acids is 1. The minimum absolute atomic E-state index is 0.0302. The third-order valence-corrected chi connectivity index (χ3v) is 7.58. The van der Waals surface area contributed by atoms with Crippen LogP contribution in [0.25, 0.3) is 0 Å². The predicted molar refractivity (Wildman–Crippen MR) is 99.5 cm³/mol. The van der Waals surface area contributed by atoms with Crippen molar-refractivity contribution in [3.63, 3.8) is 0 Å². The molecule has 0 amide bonds. The fourth-order valence-electron chi connectivity index (χ4n) is 2.42. The quantitative estimate of drug-likeness (QED) is 0.809. The lowest BCUT2D eigenvalue weighted by Crippen LogP contribution is -2.52. The van der Waals surface area contributed by atoms with Crippen molar-refractivity contribution < 1.29 is 17.9 Å². The predicted octanol–water partition coefficient (Wildman–Crippen LogP) is 2.43. The molecular formula is C17H28N2O4S2. The maximum Gasteiger partial charge on any atom is 0.224 e. The SMILES string of the molecule is CC(C)(C)c1csc(CC(=O)C(C)(C)S(=O)(=O)NC2CCOCC2)n1. The van der Waals surface area contributed by atoms with Crippen LogP contribution in [-0.2, 0) is 31.4 Å². The molecule has 0 unspecified atom stereocenters. The summed E-state index contributed by atoms with van der Waals surface area (Å²) in [6.45, 7) is 10.2. The number of hydrogen-bond donors (Lipinski definition) is 1. The van der Waals surface area contributed by atoms with E-state index in [4.69, 9.17) is 4.74 Å². The Morgan fingerprint density at radius 2 is 1.88 bits per heavy atom. The van der Waals surface area contributed by atoms with E-state index in [1.54, 1.807) is 0 Å². The van der Waals surface area contributed by atoms with Gasteiger partial charge in [0.2, 0.25) is 10.0 Å². The van der Waals surface area contributed by atoms with E-state index in [9.17, 15) is 13.2 Å². The van der Waals surface area contributed by atoms with E-state index in [1.807, 2.05) is 5.38 Å². The number of aromatic nitrogens is 1. The molecule has 2 heterocycles. The number of nitrogens with zero attached hydrogens (tertiary/aromatic N) is 1. The van der Waals surface area contributed by atoms with Gasteiger partial charge in [0.15, 0.2) is 5.78 Å². The first kappa shape index (κ1) is 20.5. The highest BCUT2D eigenvalue weighted by atomic mass is 32.2. The first-order valence-electron chi connectivity index (χ1n) is 8.51. The molecule has 1 aromatic heterocycles. The van der Waals surface area contributed by atoms with Crippen LogP contribution in [-0.4, -0.2) is 43.2 Å². The molecule has 1 saturated heterocycles. The minimum Gasteiger partial charge on any atom is -0.381 e. The Balaban J connectivity index is 2.09. The van der Waals surface area contributed by atoms with Crippen molar-refractivity contribution in [3.05, 3.63) is 16.1 Å². The van der Waals surface area contributed by atoms with Gasteiger partial charge in [0.1, 0.15) is 9.75 Å². The van der Waals surface area contributed by atoms with Gasteiger partial charge in [0.25, 0.3) is 0 Å². The monoisotopic (exact) mass is 388 g/mol. The summed E-state index contributed by atoms with van der Waals surface area (Å²) in [6.07, 6.45) is 1.29. The zero-order chi connectivity index (χ0) is 18.9. The van der Waals surface area contributed by atoms with Gasteiger partial charge in [-0.2, -0.15) is 0 Å². The van der Waals surface area contributed by atoms with E-state index in [-0.39, 0.29) is 23.7 Å². The summed E-state index contributed by atoms with van der Waals surface area (Å²) >= 11 is 1.40. The average molecular weight is 389 g/mol. The van der Waals surface area contributed by atoms with Crippen molar-refractivity contribution in [2.45, 2.75) is 70.1 Å². The fraction of sp³-hybridized carbons (Fsp3) is 0.765. The summed E-state index contributed by atoms with van der Waals surface area (Å²) in [5, 5.41) is 2.59. The topological polar surface area (TPSA) is 85.4 Å². The second kappa shape index (κ2) is 7.42. The number of rotatable bonds is 6. The fourth-order valence-corrected chi connectivity index (χ4v) is 4.78. The Kier molecular flexibility index (Phi) is 6.08. The molecule has 0 atom stereocenters. The van der Waals surface area contributed by atoms with Gasteiger partial charge in [-0.25, -0.2) is 18.1 Å². The van der Waals surface area contributed by atoms with Crippen LogP contribution in [0.15, 0.2) is 5.38 Å². The second-order valence-corrected chi connectivity index (χ2v) is 11.2. The summed E-state index contributed by atoms with van der Waals surface area (Å²) in [4.78, 5) is 17.2. The van der Waals surface area contributed by atoms with Crippen LogP contribution in [0.1, 0.15) is 58.2 Å². The number of thiazole rings is 1. The summed E-state index contributed by atoms with van der Waals surface area (Å²) in [5.74, 6) is -0.345. The second-order valence-electron chi connectivity index (χ2n) is 7.99. The Hall–Kier alpha value is -0.830. The lowest BCUT2D eigenvalue weighted by atomic mass is 9.93. The third-order valence-electron chi connectivity index (χ3n) is 4.52. The Morgan fingerprint density at radius 1 is 1.28 bits per heavy atom. The first-order chi connectivity index (χ1) is 11.4. The van der Waals surface area contributed by atoms with E-state index < -0.39 is 14.8 Å². The standard InChI is InChI=1S/C17H28N2O4S2/c1-16(2,3)13-11-24-15(18-13)10-14(20)17(4,5)25(21,22)19-12-6-8-23-9-7-12/h11-12,19H,6-10H2,1-5H3. The number of nitrogens with one attached hydrogen (secondary N) is 1. The van der Waals surface area contributed by atoms with Gasteiger partial charge in [0.05, 0.1) is 12.1 Å². The molecular weight excluding hydrogens is 360 g/mol. The van der Waals surface area contributed by atoms with Gasteiger partial charge >= 0.3 is 0 Å². The van der Waals surface area contributed by atoms with Gasteiger partial charge in [-0.1, -0.05) is 20.8 Å². The van der Waals surface area contributed by atoms with Crippen molar-refractivity contribution in [2.24, 2.45) is 0 Å². The molecule has 0 radical (unpaired) electrons. The highest BCUT2D eigenvalue weighted by Crippen LogP contribution is 2.26. The van der Waals surface area contributed by atoms with Gasteiger partial charge in [-0.3, -0.25) is 4.79 Å². The smallest absolute Gasteiger partial charge is 0.224 e. The Morgan fingerprint density at radius 3 is 2.40 bits per heavy atom. The third kappa shape index (κ3) is 4.87. The van der Waals surface area contributed by atoms with Gasteiger partial charge in [-0.05, 0) is 26.7 Å². The van der Waals surface area contributed by atoms with Crippen molar-refractivity contribution in [3.8, 4) is 0 Å². The first-order valence-corrected chi connectivity index (χ1v) is 10.9. The van der Waals surface area contributed by atoms with Crippen LogP contribution >= 0.6 is 11.3 Å². The van der Waals surface area contributed by atoms with Crippen molar-refractivity contribution >= 4 is 27.1 Å². The molecule has 0 bridgehead atoms. The van der Waals surface area contributed by atoms with Crippen molar-refractivity contribution in [2.75, 3.05) is 13.2 Å². The van der Waals surface area contributed by atoms with Gasteiger partial charge in [0, 0.05) is 30.1 Å². The van der Waals surface area contributed by atoms with E-state index in [0.717, 1.165) is 5.69 Å². The van der Waals surface area contributed by atoms with E-state index in [2.05, 4.69) is 30.5 Å². The van der Waals surface area contributed by atoms with Crippen LogP contribution in [0, 0.1) is 0 Å². The molecule has 0 aliphatic carbocycles. The van der Waals surface area contributed by atoms with Crippen LogP contribution in [0.5, 0.6) is 0 Å². The van der Waals surface area contributed by atoms with Crippen molar-refractivity contribution in [1.29, 1.82) is 0 Å². The largest absolute Gasteiger partial charge is 0.381 e. The van der Waals surface area contributed by atoms with Crippen LogP contribution < -0.4 is 4.72 Å². The molecule has 142 valence electrons. The van der Waals surface area contributed by atoms with E-state index in [1.165, 1.54) is 25.2 Å². The Labute approximate surface area is 154 Å². The summed E-state index contributed by atoms with van der Waals surface area (Å²) in [7, 11) is -3.78. The van der Waals surface area contributed by atoms with Gasteiger partial charge < -0.3 is 4.74 Å². The highest BCUT2D eigenvalue weighted by molar-refractivity contribution is 7.91. The molecule has 8 heteroatoms. The zero-order valence-electron chi connectivity index (χ0n) is 15.6. The molecule has 1 aliphatic rings. The van der Waals surface area contributed by atoms with Crippen LogP contribution in [0.2, 0.25) is 0 Å². The number of ketones is 1. The molecule has 0 spiro atoms. The lowest BCUT2D eigenvalue weighted by Gasteiger charge is -2.29. The molecule has 1 aromatic rings. The zero-order valence-corrected chi connectivity index (χ0v) is 17.2. The molecule has 1 fully saturated rings. The maximum atomic E-state index is 12.7. The minimum atomic E-state index is -3.78. The summed E-state index contributed by atoms with van der Waals surface area (Å²) in [6, 6.07) is -0.168. The highest BCUT2D eigenvalue weighted by Gasteiger charge is 2.42. The molecule has 1 aliphatic heterocycles. The Bertz CT molecular complexity index is 711. The summed E-state index contributed by atoms with van der Waals surface area (Å²) in [5.41, 5.74) is 0.825. The van der Waals surface area contributed by atoms with Crippen LogP contribution in [0.3, 0.4) is 0 Å². The molecule has 6 nitrogen and oxygen atoms in total. The molecule has 0 saturated carbocycles. The van der Waals surface area contributed by atoms with Crippen LogP contribution in [0.4, 0.5) is 0 Å². The molecule has 25 heavy (non-hydrogen) atoms. The lowest BCUT2D eigenvalue weighted by molar-refractivity contribution is -0.120. The van der Waals surface area contributed by atoms with E-state index >= 15 is 0 Å². The number of sulfonamides is 1. The van der Waals surface area contributed by atoms with Crippen molar-refractivity contribution in [1.82, 2.24) is 9.71 Å². The molecule has 2 rings (SSSR count). The van der Waals surface area contributed by atoms with Gasteiger partial charge in [-0.15, -0.1) is 11.3 Å². The number of hydrogen-bond acceptors (Lipinski definition) is 6. The average Bonchev–Trinajstić information content (AvgIpc) is 2.96.